The number of carbonyl (C=O) groups is 1. The molecule has 2 aliphatic heterocycles. The number of amides is 1. The van der Waals surface area contributed by atoms with Crippen LogP contribution >= 0.6 is 0 Å². The Balaban J connectivity index is 2.24. The molecule has 0 aromatic rings. The second-order valence-corrected chi connectivity index (χ2v) is 7.32. The van der Waals surface area contributed by atoms with Gasteiger partial charge in [-0.05, 0) is 39.4 Å². The monoisotopic (exact) mass is 376 g/mol. The SMILES string of the molecule is CCCC(=O)N(C(O)C1CCN(C)CC1)[C@H]1C(O)O[C@H](CO)[C@@H](O)[C@@H]1O. The molecule has 26 heavy (non-hydrogen) atoms. The molecule has 0 aromatic heterocycles. The van der Waals surface area contributed by atoms with E-state index in [1.54, 1.807) is 0 Å². The number of hydrogen-bond acceptors (Lipinski definition) is 8. The fourth-order valence-electron chi connectivity index (χ4n) is 3.77. The summed E-state index contributed by atoms with van der Waals surface area (Å²) in [5.41, 5.74) is 0. The number of aliphatic hydroxyl groups excluding tert-OH is 5. The highest BCUT2D eigenvalue weighted by Gasteiger charge is 2.50. The van der Waals surface area contributed by atoms with E-state index in [2.05, 4.69) is 4.90 Å². The number of nitrogens with zero attached hydrogens (tertiary/aromatic N) is 2. The highest BCUT2D eigenvalue weighted by Crippen LogP contribution is 2.30. The Bertz CT molecular complexity index is 458. The number of likely N-dealkylation sites (tertiary alicyclic amines) is 1. The number of hydrogen-bond donors (Lipinski definition) is 5. The molecule has 9 nitrogen and oxygen atoms in total. The van der Waals surface area contributed by atoms with Crippen LogP contribution in [-0.2, 0) is 9.53 Å². The van der Waals surface area contributed by atoms with Gasteiger partial charge < -0.3 is 40.1 Å². The summed E-state index contributed by atoms with van der Waals surface area (Å²) in [6.45, 7) is 2.79. The molecule has 5 N–H and O–H groups in total. The highest BCUT2D eigenvalue weighted by molar-refractivity contribution is 5.77. The number of ether oxygens (including phenoxy) is 1. The van der Waals surface area contributed by atoms with E-state index in [9.17, 15) is 30.3 Å². The van der Waals surface area contributed by atoms with Crippen molar-refractivity contribution in [3.8, 4) is 0 Å². The molecular formula is C17H32N2O7. The maximum atomic E-state index is 12.7. The molecule has 2 fully saturated rings. The van der Waals surface area contributed by atoms with Gasteiger partial charge in [-0.25, -0.2) is 0 Å². The molecule has 2 aliphatic rings. The molecule has 9 heteroatoms. The summed E-state index contributed by atoms with van der Waals surface area (Å²) in [5, 5.41) is 51.0. The van der Waals surface area contributed by atoms with Crippen molar-refractivity contribution in [1.82, 2.24) is 9.80 Å². The van der Waals surface area contributed by atoms with Crippen molar-refractivity contribution in [3.63, 3.8) is 0 Å². The van der Waals surface area contributed by atoms with Crippen LogP contribution in [0.2, 0.25) is 0 Å². The minimum Gasteiger partial charge on any atom is -0.394 e. The van der Waals surface area contributed by atoms with Gasteiger partial charge >= 0.3 is 0 Å². The molecule has 0 bridgehead atoms. The minimum atomic E-state index is -1.62. The average molecular weight is 376 g/mol. The van der Waals surface area contributed by atoms with Crippen LogP contribution in [0.4, 0.5) is 0 Å². The zero-order valence-electron chi connectivity index (χ0n) is 15.4. The summed E-state index contributed by atoms with van der Waals surface area (Å²) >= 11 is 0. The fourth-order valence-corrected chi connectivity index (χ4v) is 3.77. The summed E-state index contributed by atoms with van der Waals surface area (Å²) in [6.07, 6.45) is -4.96. The van der Waals surface area contributed by atoms with Gasteiger partial charge in [-0.3, -0.25) is 4.79 Å². The van der Waals surface area contributed by atoms with Crippen molar-refractivity contribution in [2.24, 2.45) is 5.92 Å². The van der Waals surface area contributed by atoms with Crippen molar-refractivity contribution in [2.45, 2.75) is 69.5 Å². The van der Waals surface area contributed by atoms with Gasteiger partial charge in [-0.2, -0.15) is 0 Å². The van der Waals surface area contributed by atoms with E-state index in [4.69, 9.17) is 4.74 Å². The first-order valence-electron chi connectivity index (χ1n) is 9.30. The van der Waals surface area contributed by atoms with Crippen molar-refractivity contribution < 1.29 is 35.1 Å². The molecule has 0 spiro atoms. The summed E-state index contributed by atoms with van der Waals surface area (Å²) in [4.78, 5) is 15.9. The van der Waals surface area contributed by atoms with Crippen LogP contribution in [0, 0.1) is 5.92 Å². The van der Waals surface area contributed by atoms with E-state index in [1.807, 2.05) is 14.0 Å². The Morgan fingerprint density at radius 2 is 1.85 bits per heavy atom. The highest BCUT2D eigenvalue weighted by atomic mass is 16.6. The number of rotatable bonds is 6. The van der Waals surface area contributed by atoms with Crippen molar-refractivity contribution in [2.75, 3.05) is 26.7 Å². The van der Waals surface area contributed by atoms with Crippen molar-refractivity contribution in [1.29, 1.82) is 0 Å². The van der Waals surface area contributed by atoms with Crippen LogP contribution in [0.25, 0.3) is 0 Å². The Labute approximate surface area is 153 Å². The molecule has 0 saturated carbocycles. The van der Waals surface area contributed by atoms with Gasteiger partial charge in [0.1, 0.15) is 30.6 Å². The van der Waals surface area contributed by atoms with Crippen LogP contribution in [0.15, 0.2) is 0 Å². The molecular weight excluding hydrogens is 344 g/mol. The number of carbonyl (C=O) groups excluding carboxylic acids is 1. The van der Waals surface area contributed by atoms with Gasteiger partial charge in [-0.1, -0.05) is 6.92 Å². The van der Waals surface area contributed by atoms with Crippen LogP contribution in [-0.4, -0.2) is 105 Å². The van der Waals surface area contributed by atoms with E-state index >= 15 is 0 Å². The fraction of sp³-hybridized carbons (Fsp3) is 0.941. The Morgan fingerprint density at radius 1 is 1.23 bits per heavy atom. The zero-order valence-corrected chi connectivity index (χ0v) is 15.4. The lowest BCUT2D eigenvalue weighted by Gasteiger charge is -2.48. The third kappa shape index (κ3) is 4.53. The molecule has 6 atom stereocenters. The second kappa shape index (κ2) is 9.41. The third-order valence-electron chi connectivity index (χ3n) is 5.41. The van der Waals surface area contributed by atoms with E-state index < -0.39 is 49.4 Å². The molecule has 2 saturated heterocycles. The van der Waals surface area contributed by atoms with E-state index in [0.29, 0.717) is 19.3 Å². The normalized spacial score (nSPS) is 35.3. The Hall–Kier alpha value is -0.810. The first-order valence-corrected chi connectivity index (χ1v) is 9.30. The van der Waals surface area contributed by atoms with Gasteiger partial charge in [0.2, 0.25) is 5.91 Å². The van der Waals surface area contributed by atoms with Crippen LogP contribution in [0.1, 0.15) is 32.6 Å². The summed E-state index contributed by atoms with van der Waals surface area (Å²) in [7, 11) is 1.98. The Morgan fingerprint density at radius 3 is 2.38 bits per heavy atom. The molecule has 0 radical (unpaired) electrons. The van der Waals surface area contributed by atoms with Gasteiger partial charge in [0, 0.05) is 12.3 Å². The predicted molar refractivity (Wildman–Crippen MR) is 91.7 cm³/mol. The summed E-state index contributed by atoms with van der Waals surface area (Å²) in [5.74, 6) is -0.612. The lowest BCUT2D eigenvalue weighted by atomic mass is 9.90. The standard InChI is InChI=1S/C17H32N2O7/c1-3-4-12(21)19(16(24)10-5-7-18(2)8-6-10)13-15(23)14(22)11(9-20)26-17(13)25/h10-11,13-17,20,22-25H,3-9H2,1-2H3/t11-,13-,14-,15-,16?,17?/m1/s1. The van der Waals surface area contributed by atoms with Crippen LogP contribution < -0.4 is 0 Å². The molecule has 1 amide bonds. The first-order chi connectivity index (χ1) is 12.3. The van der Waals surface area contributed by atoms with E-state index in [1.165, 1.54) is 0 Å². The van der Waals surface area contributed by atoms with Gasteiger partial charge in [-0.15, -0.1) is 0 Å². The Kier molecular flexibility index (Phi) is 7.77. The lowest BCUT2D eigenvalue weighted by Crippen LogP contribution is -2.67. The number of aliphatic hydroxyl groups is 5. The molecule has 2 rings (SSSR count). The molecule has 2 heterocycles. The molecule has 152 valence electrons. The topological polar surface area (TPSA) is 134 Å². The summed E-state index contributed by atoms with van der Waals surface area (Å²) in [6, 6.07) is -1.30. The zero-order chi connectivity index (χ0) is 19.4. The van der Waals surface area contributed by atoms with E-state index in [0.717, 1.165) is 18.0 Å². The van der Waals surface area contributed by atoms with E-state index in [-0.39, 0.29) is 12.3 Å². The lowest BCUT2D eigenvalue weighted by molar-refractivity contribution is -0.282. The second-order valence-electron chi connectivity index (χ2n) is 7.32. The van der Waals surface area contributed by atoms with Crippen LogP contribution in [0.5, 0.6) is 0 Å². The maximum absolute atomic E-state index is 12.7. The molecule has 2 unspecified atom stereocenters. The largest absolute Gasteiger partial charge is 0.394 e. The van der Waals surface area contributed by atoms with Gasteiger partial charge in [0.25, 0.3) is 0 Å². The van der Waals surface area contributed by atoms with Crippen molar-refractivity contribution >= 4 is 5.91 Å². The number of piperidine rings is 1. The maximum Gasteiger partial charge on any atom is 0.225 e. The molecule has 0 aliphatic carbocycles. The smallest absolute Gasteiger partial charge is 0.225 e. The molecule has 0 aromatic carbocycles. The summed E-state index contributed by atoms with van der Waals surface area (Å²) < 4.78 is 5.18. The third-order valence-corrected chi connectivity index (χ3v) is 5.41. The van der Waals surface area contributed by atoms with Crippen molar-refractivity contribution in [3.05, 3.63) is 0 Å². The minimum absolute atomic E-state index is 0.138. The quantitative estimate of drug-likeness (QED) is 0.339. The predicted octanol–water partition coefficient (Wildman–Crippen LogP) is -1.92. The average Bonchev–Trinajstić information content (AvgIpc) is 2.62. The van der Waals surface area contributed by atoms with Crippen LogP contribution in [0.3, 0.4) is 0 Å². The van der Waals surface area contributed by atoms with Gasteiger partial charge in [0.05, 0.1) is 6.61 Å². The first kappa shape index (κ1) is 21.5. The van der Waals surface area contributed by atoms with Gasteiger partial charge in [0.15, 0.2) is 6.29 Å².